The summed E-state index contributed by atoms with van der Waals surface area (Å²) in [5.41, 5.74) is 23.6. The molecule has 0 spiro atoms. The second-order valence-electron chi connectivity index (χ2n) is 29.7. The van der Waals surface area contributed by atoms with Gasteiger partial charge in [-0.3, -0.25) is 82.7 Å². The molecule has 0 aromatic heterocycles. The van der Waals surface area contributed by atoms with Gasteiger partial charge in [-0.05, 0) is 105 Å². The highest BCUT2D eigenvalue weighted by molar-refractivity contribution is 8.00. The maximum atomic E-state index is 14.9. The van der Waals surface area contributed by atoms with Crippen molar-refractivity contribution in [3.05, 3.63) is 71.8 Å². The fourth-order valence-corrected chi connectivity index (χ4v) is 12.9. The van der Waals surface area contributed by atoms with E-state index in [4.69, 9.17) is 33.8 Å². The average molecular weight is 1620 g/mol. The van der Waals surface area contributed by atoms with Crippen LogP contribution in [-0.2, 0) is 84.8 Å². The van der Waals surface area contributed by atoms with Crippen LogP contribution < -0.4 is 103 Å². The number of hydrogen-bond donors (Lipinski definition) is 22. The second kappa shape index (κ2) is 51.2. The minimum absolute atomic E-state index is 0.00872. The van der Waals surface area contributed by atoms with E-state index in [1.165, 1.54) is 0 Å². The molecular formula is C76H123N21O16S. The molecule has 0 unspecified atom stereocenters. The number of aliphatic carboxylic acids is 1. The maximum Gasteiger partial charge on any atom is 0.303 e. The van der Waals surface area contributed by atoms with Crippen LogP contribution >= 0.6 is 11.8 Å². The van der Waals surface area contributed by atoms with Crippen LogP contribution in [0.5, 0.6) is 0 Å². The summed E-state index contributed by atoms with van der Waals surface area (Å²) in [4.78, 5) is 215. The number of hydrogen-bond acceptors (Lipinski definition) is 19. The fraction of sp³-hybridized carbons (Fsp3) is 0.618. The predicted molar refractivity (Wildman–Crippen MR) is 429 cm³/mol. The molecule has 14 amide bonds. The number of carbonyl (C=O) groups excluding carboxylic acids is 14. The molecule has 37 nitrogen and oxygen atoms in total. The smallest absolute Gasteiger partial charge is 0.303 e. The Morgan fingerprint density at radius 1 is 0.456 bits per heavy atom. The zero-order chi connectivity index (χ0) is 85.3. The number of thioether (sulfide) groups is 1. The first-order valence-electron chi connectivity index (χ1n) is 38.8. The molecule has 634 valence electrons. The Kier molecular flexibility index (Phi) is 43.8. The zero-order valence-electron chi connectivity index (χ0n) is 67.0. The summed E-state index contributed by atoms with van der Waals surface area (Å²) < 4.78 is 0. The van der Waals surface area contributed by atoms with Gasteiger partial charge in [0.25, 0.3) is 0 Å². The first kappa shape index (κ1) is 97.5. The third-order valence-corrected chi connectivity index (χ3v) is 19.8. The van der Waals surface area contributed by atoms with E-state index in [2.05, 4.69) is 79.8 Å². The van der Waals surface area contributed by atoms with E-state index in [1.807, 2.05) is 0 Å². The normalized spacial score (nSPS) is 23.7. The molecule has 0 saturated carbocycles. The van der Waals surface area contributed by atoms with Crippen LogP contribution in [0.25, 0.3) is 0 Å². The summed E-state index contributed by atoms with van der Waals surface area (Å²) in [6, 6.07) is -0.786. The van der Waals surface area contributed by atoms with Crippen molar-refractivity contribution >= 4 is 112 Å². The molecule has 2 aromatic carbocycles. The average Bonchev–Trinajstić information content (AvgIpc) is 0.853. The lowest BCUT2D eigenvalue weighted by atomic mass is 9.94. The third kappa shape index (κ3) is 36.4. The number of carboxylic acid groups (broad SMARTS) is 1. The molecule has 0 radical (unpaired) electrons. The Bertz CT molecular complexity index is 3560. The molecule has 1 heterocycles. The van der Waals surface area contributed by atoms with Crippen molar-refractivity contribution in [2.45, 2.75) is 232 Å². The van der Waals surface area contributed by atoms with Gasteiger partial charge in [0.15, 0.2) is 11.9 Å². The van der Waals surface area contributed by atoms with E-state index >= 15 is 0 Å². The molecule has 2 aromatic rings. The molecule has 1 aliphatic heterocycles. The lowest BCUT2D eigenvalue weighted by Gasteiger charge is -2.32. The van der Waals surface area contributed by atoms with Crippen molar-refractivity contribution in [3.8, 4) is 0 Å². The van der Waals surface area contributed by atoms with Crippen molar-refractivity contribution in [3.63, 3.8) is 0 Å². The van der Waals surface area contributed by atoms with Crippen LogP contribution in [0.1, 0.15) is 157 Å². The highest BCUT2D eigenvalue weighted by atomic mass is 32.2. The van der Waals surface area contributed by atoms with Crippen molar-refractivity contribution in [2.75, 3.05) is 37.7 Å². The Morgan fingerprint density at radius 2 is 0.807 bits per heavy atom. The number of amides is 14. The van der Waals surface area contributed by atoms with Crippen molar-refractivity contribution in [2.24, 2.45) is 52.5 Å². The maximum absolute atomic E-state index is 14.9. The number of rotatable bonds is 30. The minimum Gasteiger partial charge on any atom is -0.481 e. The number of nitrogens with one attached hydrogen (secondary N) is 17. The molecule has 0 bridgehead atoms. The summed E-state index contributed by atoms with van der Waals surface area (Å²) in [7, 11) is 0. The van der Waals surface area contributed by atoms with Gasteiger partial charge in [-0.2, -0.15) is 0 Å². The largest absolute Gasteiger partial charge is 0.481 e. The quantitative estimate of drug-likeness (QED) is 0.0220. The number of guanidine groups is 2. The SMILES string of the molecule is CC[C@H](C)[C@@H]1NC(=O)[C@H](CC(C)C)NC(=O)[C@H](Cc2ccccc2)NC(=O)CSC[C@@H](C(=O)NCC(N)=O)NC(=O)[C@H](CCCN)NC(=O)[C@H](Cc2ccccc2)NC(=O)[C@H](CC(C)C)NC(=O)[C@H](CCCNC(=N)N)NC(=O)[C@H](CCC(=O)O)NC(=O)[C@H](CCCNC(=N)N)NC(=O)[C@H]([C@@H](C)CC)NC(=O)[C@H](C(C)C)NC1=O. The van der Waals surface area contributed by atoms with Gasteiger partial charge in [0.05, 0.1) is 12.3 Å². The second-order valence-corrected chi connectivity index (χ2v) is 30.8. The number of primary amides is 1. The first-order valence-corrected chi connectivity index (χ1v) is 40.0. The number of benzene rings is 2. The van der Waals surface area contributed by atoms with Gasteiger partial charge in [-0.15, -0.1) is 11.8 Å². The van der Waals surface area contributed by atoms with Gasteiger partial charge < -0.3 is 108 Å². The van der Waals surface area contributed by atoms with Crippen LogP contribution in [0.15, 0.2) is 60.7 Å². The van der Waals surface area contributed by atoms with E-state index in [9.17, 15) is 77.0 Å². The van der Waals surface area contributed by atoms with E-state index in [0.29, 0.717) is 17.5 Å². The van der Waals surface area contributed by atoms with E-state index in [0.717, 1.165) is 11.8 Å². The Morgan fingerprint density at radius 3 is 1.22 bits per heavy atom. The lowest BCUT2D eigenvalue weighted by molar-refractivity contribution is -0.139. The number of nitrogens with two attached hydrogens (primary N) is 4. The van der Waals surface area contributed by atoms with Crippen LogP contribution in [-0.4, -0.2) is 216 Å². The van der Waals surface area contributed by atoms with Gasteiger partial charge in [0.2, 0.25) is 82.7 Å². The van der Waals surface area contributed by atoms with Gasteiger partial charge in [0, 0.05) is 38.1 Å². The number of carbonyl (C=O) groups is 15. The van der Waals surface area contributed by atoms with Gasteiger partial charge in [-0.25, -0.2) is 0 Å². The lowest BCUT2D eigenvalue weighted by Crippen LogP contribution is -2.62. The highest BCUT2D eigenvalue weighted by Gasteiger charge is 2.40. The molecule has 3 rings (SSSR count). The van der Waals surface area contributed by atoms with Crippen molar-refractivity contribution < 1.29 is 77.0 Å². The summed E-state index contributed by atoms with van der Waals surface area (Å²) >= 11 is 0.833. The van der Waals surface area contributed by atoms with E-state index in [1.54, 1.807) is 130 Å². The summed E-state index contributed by atoms with van der Waals surface area (Å²) in [5.74, 6) is -18.3. The Hall–Kier alpha value is -10.7. The Labute approximate surface area is 670 Å². The molecule has 1 saturated heterocycles. The summed E-state index contributed by atoms with van der Waals surface area (Å²) in [5, 5.41) is 65.4. The predicted octanol–water partition coefficient (Wildman–Crippen LogP) is -2.39. The zero-order valence-corrected chi connectivity index (χ0v) is 67.8. The van der Waals surface area contributed by atoms with Gasteiger partial charge in [-0.1, -0.05) is 143 Å². The Balaban J connectivity index is 2.39. The fourth-order valence-electron chi connectivity index (χ4n) is 12.1. The minimum atomic E-state index is -1.76. The molecule has 14 atom stereocenters. The number of carboxylic acids is 1. The monoisotopic (exact) mass is 1620 g/mol. The molecule has 38 heteroatoms. The van der Waals surface area contributed by atoms with Crippen LogP contribution in [0, 0.1) is 40.4 Å². The van der Waals surface area contributed by atoms with Crippen LogP contribution in [0.3, 0.4) is 0 Å². The molecular weight excluding hydrogens is 1500 g/mol. The summed E-state index contributed by atoms with van der Waals surface area (Å²) in [6.45, 7) is 16.5. The van der Waals surface area contributed by atoms with E-state index in [-0.39, 0.29) is 108 Å². The third-order valence-electron chi connectivity index (χ3n) is 18.8. The van der Waals surface area contributed by atoms with Gasteiger partial charge >= 0.3 is 5.97 Å². The topological polar surface area (TPSA) is 609 Å². The standard InChI is InChI=1S/C76H123N21O16S/c1-11-44(9)61-73(112)90-50(28-21-33-84-76(81)82)64(103)89-51(29-30-59(100)101)67(106)87-49(27-20-32-83-75(79)80)65(104)91-52(34-41(3)4)68(107)93-55(37-47-24-17-14-18-25-47)70(109)88-48(26-19-31-77)66(105)94-56(63(102)85-38-57(78)98)39-114-40-58(99)86-54(36-46-22-15-13-16-23-46)69(108)92-53(35-42(5)6)71(110)96-62(45(10)12-2)74(113)95-60(43(7)8)72(111)97-61/h13-18,22-25,41-45,48-56,60-62H,11-12,19-21,26-40,77H2,1-10H3,(H2,78,98)(H,85,102)(H,86,99)(H,87,106)(H,88,109)(H,89,103)(H,90,112)(H,91,104)(H,92,108)(H,93,107)(H,94,105)(H,95,113)(H,96,110)(H,97,111)(H,100,101)(H4,79,80,83)(H4,81,82,84)/t44-,45-,48-,49-,50-,51-,52-,53-,54-,55-,56-,60-,61-,62-/m0/s1. The van der Waals surface area contributed by atoms with Crippen LogP contribution in [0.2, 0.25) is 0 Å². The summed E-state index contributed by atoms with van der Waals surface area (Å²) in [6.07, 6.45) is -1.54. The molecule has 1 fully saturated rings. The molecule has 1 aliphatic rings. The van der Waals surface area contributed by atoms with Crippen molar-refractivity contribution in [1.29, 1.82) is 10.8 Å². The molecule has 0 aliphatic carbocycles. The van der Waals surface area contributed by atoms with Crippen LogP contribution in [0.4, 0.5) is 0 Å². The van der Waals surface area contributed by atoms with Crippen molar-refractivity contribution in [1.82, 2.24) is 79.8 Å². The highest BCUT2D eigenvalue weighted by Crippen LogP contribution is 2.18. The van der Waals surface area contributed by atoms with E-state index < -0.39 is 216 Å². The molecule has 114 heavy (non-hydrogen) atoms. The van der Waals surface area contributed by atoms with Gasteiger partial charge in [0.1, 0.15) is 72.5 Å². The first-order chi connectivity index (χ1) is 53.9. The molecule has 26 N–H and O–H groups in total.